The molecule has 2 aliphatic rings. The van der Waals surface area contributed by atoms with E-state index >= 15 is 0 Å². The molecule has 0 amide bonds. The van der Waals surface area contributed by atoms with Crippen LogP contribution in [0.4, 0.5) is 0 Å². The van der Waals surface area contributed by atoms with Gasteiger partial charge in [0.1, 0.15) is 11.9 Å². The second-order valence-electron chi connectivity index (χ2n) is 7.60. The first-order chi connectivity index (χ1) is 13.2. The predicted molar refractivity (Wildman–Crippen MR) is 106 cm³/mol. The average molecular weight is 368 g/mol. The summed E-state index contributed by atoms with van der Waals surface area (Å²) < 4.78 is 13.4. The summed E-state index contributed by atoms with van der Waals surface area (Å²) in [7, 11) is 1.53. The van der Waals surface area contributed by atoms with Crippen molar-refractivity contribution in [2.75, 3.05) is 20.2 Å². The number of benzene rings is 1. The lowest BCUT2D eigenvalue weighted by molar-refractivity contribution is 0.0493. The number of hydrogen-bond acceptors (Lipinski definition) is 4. The Morgan fingerprint density at radius 3 is 2.30 bits per heavy atom. The highest BCUT2D eigenvalue weighted by atomic mass is 16.5. The monoisotopic (exact) mass is 368 g/mol. The summed E-state index contributed by atoms with van der Waals surface area (Å²) >= 11 is 0. The molecule has 4 rings (SSSR count). The number of likely N-dealkylation sites (tertiary alicyclic amines) is 1. The van der Waals surface area contributed by atoms with Gasteiger partial charge >= 0.3 is 0 Å². The van der Waals surface area contributed by atoms with Crippen LogP contribution in [0.2, 0.25) is 0 Å². The van der Waals surface area contributed by atoms with Gasteiger partial charge in [0.15, 0.2) is 5.75 Å². The van der Waals surface area contributed by atoms with E-state index in [9.17, 15) is 4.79 Å². The van der Waals surface area contributed by atoms with Crippen LogP contribution in [0.25, 0.3) is 5.69 Å². The standard InChI is InChI=1S/C22H28N2O3/c1-16-22(26-2)21(25)12-15-24(16)18-6-8-19(9-7-18)27-20-10-13-23(14-11-20)17-4-3-5-17/h6-9,12,15,17,20H,3-5,10-11,13-14H2,1-2H3. The molecule has 2 heterocycles. The van der Waals surface area contributed by atoms with Gasteiger partial charge in [-0.05, 0) is 56.9 Å². The Bertz CT molecular complexity index is 832. The molecule has 1 aliphatic heterocycles. The summed E-state index contributed by atoms with van der Waals surface area (Å²) in [5.41, 5.74) is 1.68. The third-order valence-corrected chi connectivity index (χ3v) is 5.98. The zero-order valence-electron chi connectivity index (χ0n) is 16.2. The molecule has 0 unspecified atom stereocenters. The van der Waals surface area contributed by atoms with Gasteiger partial charge in [0.25, 0.3) is 0 Å². The van der Waals surface area contributed by atoms with Crippen LogP contribution in [0.1, 0.15) is 37.8 Å². The minimum atomic E-state index is -0.0977. The Labute approximate surface area is 160 Å². The molecule has 0 radical (unpaired) electrons. The number of aromatic nitrogens is 1. The maximum Gasteiger partial charge on any atom is 0.223 e. The highest BCUT2D eigenvalue weighted by Crippen LogP contribution is 2.29. The second-order valence-corrected chi connectivity index (χ2v) is 7.60. The molecule has 2 fully saturated rings. The van der Waals surface area contributed by atoms with Crippen LogP contribution < -0.4 is 14.9 Å². The van der Waals surface area contributed by atoms with E-state index < -0.39 is 0 Å². The lowest BCUT2D eigenvalue weighted by Gasteiger charge is -2.41. The first-order valence-electron chi connectivity index (χ1n) is 9.93. The van der Waals surface area contributed by atoms with E-state index in [2.05, 4.69) is 4.90 Å². The van der Waals surface area contributed by atoms with Crippen molar-refractivity contribution in [3.05, 3.63) is 52.4 Å². The Hall–Kier alpha value is -2.27. The Kier molecular flexibility index (Phi) is 5.21. The van der Waals surface area contributed by atoms with E-state index in [1.54, 1.807) is 6.20 Å². The van der Waals surface area contributed by atoms with Crippen LogP contribution in [0.3, 0.4) is 0 Å². The van der Waals surface area contributed by atoms with Gasteiger partial charge in [0, 0.05) is 37.1 Å². The SMILES string of the molecule is COc1c(C)n(-c2ccc(OC3CCN(C4CCC4)CC3)cc2)ccc1=O. The van der Waals surface area contributed by atoms with Gasteiger partial charge in [0.2, 0.25) is 5.43 Å². The molecule has 27 heavy (non-hydrogen) atoms. The first kappa shape index (κ1) is 18.1. The number of hydrogen-bond donors (Lipinski definition) is 0. The molecule has 5 heteroatoms. The van der Waals surface area contributed by atoms with Gasteiger partial charge in [-0.15, -0.1) is 0 Å². The van der Waals surface area contributed by atoms with Gasteiger partial charge in [-0.3, -0.25) is 4.79 Å². The van der Waals surface area contributed by atoms with Crippen molar-refractivity contribution in [1.29, 1.82) is 0 Å². The van der Waals surface area contributed by atoms with Crippen molar-refractivity contribution < 1.29 is 9.47 Å². The predicted octanol–water partition coefficient (Wildman–Crippen LogP) is 3.55. The van der Waals surface area contributed by atoms with Gasteiger partial charge in [-0.25, -0.2) is 0 Å². The molecule has 1 aromatic heterocycles. The van der Waals surface area contributed by atoms with Gasteiger partial charge in [-0.1, -0.05) is 6.42 Å². The second kappa shape index (κ2) is 7.77. The molecule has 0 bridgehead atoms. The van der Waals surface area contributed by atoms with Crippen molar-refractivity contribution in [3.8, 4) is 17.2 Å². The fraction of sp³-hybridized carbons (Fsp3) is 0.500. The van der Waals surface area contributed by atoms with Crippen LogP contribution in [-0.4, -0.2) is 41.8 Å². The van der Waals surface area contributed by atoms with Crippen molar-refractivity contribution in [2.24, 2.45) is 0 Å². The molecule has 5 nitrogen and oxygen atoms in total. The molecule has 0 atom stereocenters. The van der Waals surface area contributed by atoms with Crippen LogP contribution >= 0.6 is 0 Å². The molecular weight excluding hydrogens is 340 g/mol. The topological polar surface area (TPSA) is 43.7 Å². The lowest BCUT2D eigenvalue weighted by Crippen LogP contribution is -2.46. The number of methoxy groups -OCH3 is 1. The third kappa shape index (κ3) is 3.74. The Balaban J connectivity index is 1.40. The lowest BCUT2D eigenvalue weighted by atomic mass is 9.90. The van der Waals surface area contributed by atoms with Crippen molar-refractivity contribution in [1.82, 2.24) is 9.47 Å². The minimum absolute atomic E-state index is 0.0977. The van der Waals surface area contributed by atoms with E-state index in [0.29, 0.717) is 11.9 Å². The van der Waals surface area contributed by atoms with E-state index in [4.69, 9.17) is 9.47 Å². The van der Waals surface area contributed by atoms with Crippen molar-refractivity contribution in [3.63, 3.8) is 0 Å². The van der Waals surface area contributed by atoms with Gasteiger partial charge < -0.3 is 18.9 Å². The maximum atomic E-state index is 11.9. The van der Waals surface area contributed by atoms with Crippen molar-refractivity contribution >= 4 is 0 Å². The molecule has 1 aromatic carbocycles. The van der Waals surface area contributed by atoms with Crippen LogP contribution in [0.5, 0.6) is 11.5 Å². The molecular formula is C22H28N2O3. The largest absolute Gasteiger partial charge is 0.491 e. The smallest absolute Gasteiger partial charge is 0.223 e. The Morgan fingerprint density at radius 2 is 1.70 bits per heavy atom. The van der Waals surface area contributed by atoms with E-state index in [-0.39, 0.29) is 5.43 Å². The fourth-order valence-electron chi connectivity index (χ4n) is 4.13. The molecule has 144 valence electrons. The number of pyridine rings is 1. The zero-order valence-corrected chi connectivity index (χ0v) is 16.2. The minimum Gasteiger partial charge on any atom is -0.491 e. The van der Waals surface area contributed by atoms with E-state index in [0.717, 1.165) is 49.1 Å². The van der Waals surface area contributed by atoms with E-state index in [1.807, 2.05) is 35.8 Å². The summed E-state index contributed by atoms with van der Waals surface area (Å²) in [6, 6.07) is 10.4. The average Bonchev–Trinajstić information content (AvgIpc) is 2.63. The quantitative estimate of drug-likeness (QED) is 0.810. The fourth-order valence-corrected chi connectivity index (χ4v) is 4.13. The maximum absolute atomic E-state index is 11.9. The summed E-state index contributed by atoms with van der Waals surface area (Å²) in [5.74, 6) is 1.29. The van der Waals surface area contributed by atoms with Gasteiger partial charge in [-0.2, -0.15) is 0 Å². The summed E-state index contributed by atoms with van der Waals surface area (Å²) in [5, 5.41) is 0. The van der Waals surface area contributed by atoms with Crippen molar-refractivity contribution in [2.45, 2.75) is 51.2 Å². The highest BCUT2D eigenvalue weighted by molar-refractivity contribution is 5.42. The molecule has 1 aliphatic carbocycles. The first-order valence-corrected chi connectivity index (χ1v) is 9.93. The molecule has 0 spiro atoms. The van der Waals surface area contributed by atoms with E-state index in [1.165, 1.54) is 32.4 Å². The Morgan fingerprint density at radius 1 is 1.00 bits per heavy atom. The van der Waals surface area contributed by atoms with Gasteiger partial charge in [0.05, 0.1) is 12.8 Å². The molecule has 1 saturated carbocycles. The molecule has 1 saturated heterocycles. The summed E-state index contributed by atoms with van der Waals surface area (Å²) in [6.07, 6.45) is 8.45. The van der Waals surface area contributed by atoms with Crippen LogP contribution in [0.15, 0.2) is 41.3 Å². The molecule has 2 aromatic rings. The number of piperidine rings is 1. The third-order valence-electron chi connectivity index (χ3n) is 5.98. The van der Waals surface area contributed by atoms with Crippen LogP contribution in [0, 0.1) is 6.92 Å². The summed E-state index contributed by atoms with van der Waals surface area (Å²) in [4.78, 5) is 14.5. The number of nitrogens with zero attached hydrogens (tertiary/aromatic N) is 2. The summed E-state index contributed by atoms with van der Waals surface area (Å²) in [6.45, 7) is 4.20. The molecule has 0 N–H and O–H groups in total. The zero-order chi connectivity index (χ0) is 18.8. The van der Waals surface area contributed by atoms with Crippen LogP contribution in [-0.2, 0) is 0 Å². The highest BCUT2D eigenvalue weighted by Gasteiger charge is 2.29. The normalized spacial score (nSPS) is 18.9. The number of ether oxygens (including phenoxy) is 2. The number of rotatable bonds is 5.